The summed E-state index contributed by atoms with van der Waals surface area (Å²) in [6.07, 6.45) is 4.07. The first-order valence-corrected chi connectivity index (χ1v) is 11.3. The van der Waals surface area contributed by atoms with Crippen molar-refractivity contribution in [2.75, 3.05) is 31.7 Å². The van der Waals surface area contributed by atoms with Crippen molar-refractivity contribution < 1.29 is 14.6 Å². The molecule has 1 aliphatic heterocycles. The Hall–Kier alpha value is -2.27. The van der Waals surface area contributed by atoms with Crippen molar-refractivity contribution in [3.63, 3.8) is 0 Å². The summed E-state index contributed by atoms with van der Waals surface area (Å²) in [5.74, 6) is 0.172. The molecule has 1 fully saturated rings. The maximum Gasteiger partial charge on any atom is 0.267 e. The van der Waals surface area contributed by atoms with Crippen LogP contribution in [0.1, 0.15) is 31.4 Å². The van der Waals surface area contributed by atoms with Gasteiger partial charge in [0.15, 0.2) is 0 Å². The predicted molar refractivity (Wildman–Crippen MR) is 127 cm³/mol. The van der Waals surface area contributed by atoms with E-state index in [0.29, 0.717) is 33.8 Å². The molecular formula is C21H26N4O4S2. The lowest BCUT2D eigenvalue weighted by molar-refractivity contribution is -0.123. The number of aliphatic hydroxyl groups excluding tert-OH is 1. The Balaban J connectivity index is 2.02. The summed E-state index contributed by atoms with van der Waals surface area (Å²) in [4.78, 5) is 32.8. The van der Waals surface area contributed by atoms with Crippen LogP contribution in [0.15, 0.2) is 28.0 Å². The Labute approximate surface area is 190 Å². The Morgan fingerprint density at radius 3 is 2.84 bits per heavy atom. The number of aryl methyl sites for hydroxylation is 1. The third-order valence-corrected chi connectivity index (χ3v) is 6.24. The van der Waals surface area contributed by atoms with Gasteiger partial charge in [-0.2, -0.15) is 0 Å². The molecule has 1 saturated heterocycles. The average molecular weight is 463 g/mol. The zero-order valence-corrected chi connectivity index (χ0v) is 19.4. The Bertz CT molecular complexity index is 1080. The van der Waals surface area contributed by atoms with Gasteiger partial charge in [-0.3, -0.25) is 18.9 Å². The minimum Gasteiger partial charge on any atom is -0.394 e. The predicted octanol–water partition coefficient (Wildman–Crippen LogP) is 2.42. The van der Waals surface area contributed by atoms with E-state index in [4.69, 9.17) is 22.1 Å². The molecule has 3 heterocycles. The molecule has 31 heavy (non-hydrogen) atoms. The van der Waals surface area contributed by atoms with Gasteiger partial charge in [0.1, 0.15) is 15.8 Å². The number of fused-ring (bicyclic) bond motifs is 1. The van der Waals surface area contributed by atoms with Crippen LogP contribution in [0, 0.1) is 6.92 Å². The summed E-state index contributed by atoms with van der Waals surface area (Å²) in [6, 6.07) is 3.64. The van der Waals surface area contributed by atoms with Gasteiger partial charge in [-0.15, -0.1) is 0 Å². The van der Waals surface area contributed by atoms with E-state index in [-0.39, 0.29) is 36.3 Å². The number of thioether (sulfide) groups is 1. The number of hydrogen-bond acceptors (Lipinski definition) is 8. The second-order valence-corrected chi connectivity index (χ2v) is 8.86. The van der Waals surface area contributed by atoms with Crippen molar-refractivity contribution in [2.45, 2.75) is 33.2 Å². The lowest BCUT2D eigenvalue weighted by Crippen LogP contribution is -2.36. The molecule has 166 valence electrons. The van der Waals surface area contributed by atoms with Crippen molar-refractivity contribution in [1.29, 1.82) is 0 Å². The molecule has 0 spiro atoms. The van der Waals surface area contributed by atoms with E-state index in [1.165, 1.54) is 16.2 Å². The first-order valence-electron chi connectivity index (χ1n) is 10.1. The van der Waals surface area contributed by atoms with Crippen LogP contribution in [0.3, 0.4) is 0 Å². The van der Waals surface area contributed by atoms with Gasteiger partial charge in [-0.05, 0) is 38.0 Å². The normalized spacial score (nSPS) is 16.5. The van der Waals surface area contributed by atoms with E-state index in [2.05, 4.69) is 10.3 Å². The summed E-state index contributed by atoms with van der Waals surface area (Å²) >= 11 is 6.59. The van der Waals surface area contributed by atoms with Crippen molar-refractivity contribution in [3.05, 3.63) is 44.7 Å². The maximum absolute atomic E-state index is 13.3. The molecule has 8 nitrogen and oxygen atoms in total. The van der Waals surface area contributed by atoms with Crippen LogP contribution in [0.2, 0.25) is 0 Å². The second kappa shape index (κ2) is 10.4. The number of aromatic nitrogens is 2. The standard InChI is InChI=1S/C21H26N4O4S2/c1-4-14(3)25-20(28)16(31-21(25)30)11-15-18(22-7-9-29-10-8-26)23-17-6-5-13(2)12-24(17)19(15)27/h5-6,11-12,14,22,26H,4,7-10H2,1-3H3/b16-11+. The minimum atomic E-state index is -0.277. The number of thiocarbonyl (C=S) groups is 1. The van der Waals surface area contributed by atoms with Crippen LogP contribution >= 0.6 is 24.0 Å². The van der Waals surface area contributed by atoms with Gasteiger partial charge in [0, 0.05) is 18.8 Å². The number of nitrogens with one attached hydrogen (secondary N) is 1. The van der Waals surface area contributed by atoms with E-state index in [0.717, 1.165) is 12.0 Å². The molecule has 10 heteroatoms. The van der Waals surface area contributed by atoms with Gasteiger partial charge in [0.2, 0.25) is 0 Å². The number of nitrogens with zero attached hydrogens (tertiary/aromatic N) is 3. The number of ether oxygens (including phenoxy) is 1. The Kier molecular flexibility index (Phi) is 7.82. The van der Waals surface area contributed by atoms with E-state index in [1.807, 2.05) is 26.8 Å². The molecule has 1 atom stereocenters. The largest absolute Gasteiger partial charge is 0.394 e. The first kappa shape index (κ1) is 23.4. The van der Waals surface area contributed by atoms with Crippen molar-refractivity contribution >= 4 is 51.7 Å². The molecule has 0 saturated carbocycles. The molecular weight excluding hydrogens is 436 g/mol. The van der Waals surface area contributed by atoms with E-state index < -0.39 is 0 Å². The van der Waals surface area contributed by atoms with E-state index in [9.17, 15) is 9.59 Å². The summed E-state index contributed by atoms with van der Waals surface area (Å²) < 4.78 is 7.24. The molecule has 0 aromatic carbocycles. The maximum atomic E-state index is 13.3. The number of rotatable bonds is 9. The minimum absolute atomic E-state index is 0.0156. The molecule has 2 N–H and O–H groups in total. The highest BCUT2D eigenvalue weighted by Crippen LogP contribution is 2.34. The summed E-state index contributed by atoms with van der Waals surface area (Å²) in [5.41, 5.74) is 1.43. The number of pyridine rings is 1. The van der Waals surface area contributed by atoms with E-state index >= 15 is 0 Å². The third kappa shape index (κ3) is 5.15. The molecule has 2 aromatic rings. The Morgan fingerprint density at radius 2 is 2.13 bits per heavy atom. The smallest absolute Gasteiger partial charge is 0.267 e. The summed E-state index contributed by atoms with van der Waals surface area (Å²) in [7, 11) is 0. The second-order valence-electron chi connectivity index (χ2n) is 7.19. The van der Waals surface area contributed by atoms with Crippen LogP contribution in [0.5, 0.6) is 0 Å². The van der Waals surface area contributed by atoms with Gasteiger partial charge in [-0.1, -0.05) is 37.0 Å². The zero-order chi connectivity index (χ0) is 22.5. The number of aliphatic hydroxyl groups is 1. The first-order chi connectivity index (χ1) is 14.9. The van der Waals surface area contributed by atoms with Crippen LogP contribution in [0.25, 0.3) is 11.7 Å². The van der Waals surface area contributed by atoms with E-state index in [1.54, 1.807) is 23.2 Å². The van der Waals surface area contributed by atoms with Crippen LogP contribution in [-0.4, -0.2) is 62.0 Å². The fourth-order valence-electron chi connectivity index (χ4n) is 3.11. The number of amides is 1. The molecule has 0 aliphatic carbocycles. The molecule has 1 unspecified atom stereocenters. The highest BCUT2D eigenvalue weighted by Gasteiger charge is 2.35. The summed E-state index contributed by atoms with van der Waals surface area (Å²) in [5, 5.41) is 12.0. The van der Waals surface area contributed by atoms with Crippen LogP contribution in [0.4, 0.5) is 5.82 Å². The fourth-order valence-corrected chi connectivity index (χ4v) is 4.55. The quantitative estimate of drug-likeness (QED) is 0.333. The van der Waals surface area contributed by atoms with Gasteiger partial charge in [0.25, 0.3) is 11.5 Å². The van der Waals surface area contributed by atoms with Gasteiger partial charge >= 0.3 is 0 Å². The molecule has 2 aromatic heterocycles. The summed E-state index contributed by atoms with van der Waals surface area (Å²) in [6.45, 7) is 6.75. The highest BCUT2D eigenvalue weighted by molar-refractivity contribution is 8.26. The number of hydrogen-bond donors (Lipinski definition) is 2. The van der Waals surface area contributed by atoms with Crippen LogP contribution in [-0.2, 0) is 9.53 Å². The number of anilines is 1. The highest BCUT2D eigenvalue weighted by atomic mass is 32.2. The number of carbonyl (C=O) groups is 1. The van der Waals surface area contributed by atoms with Crippen molar-refractivity contribution in [2.24, 2.45) is 0 Å². The van der Waals surface area contributed by atoms with Crippen LogP contribution < -0.4 is 10.9 Å². The monoisotopic (exact) mass is 462 g/mol. The van der Waals surface area contributed by atoms with Gasteiger partial charge in [-0.25, -0.2) is 4.98 Å². The molecule has 0 bridgehead atoms. The lowest BCUT2D eigenvalue weighted by atomic mass is 10.2. The van der Waals surface area contributed by atoms with Crippen molar-refractivity contribution in [1.82, 2.24) is 14.3 Å². The molecule has 3 rings (SSSR count). The number of carbonyl (C=O) groups excluding carboxylic acids is 1. The van der Waals surface area contributed by atoms with Gasteiger partial charge < -0.3 is 15.2 Å². The van der Waals surface area contributed by atoms with Crippen molar-refractivity contribution in [3.8, 4) is 0 Å². The molecule has 1 amide bonds. The fraction of sp³-hybridized carbons (Fsp3) is 0.429. The van der Waals surface area contributed by atoms with Gasteiger partial charge in [0.05, 0.1) is 30.3 Å². The lowest BCUT2D eigenvalue weighted by Gasteiger charge is -2.21. The topological polar surface area (TPSA) is 96.2 Å². The third-order valence-electron chi connectivity index (χ3n) is 4.91. The zero-order valence-electron chi connectivity index (χ0n) is 17.8. The molecule has 0 radical (unpaired) electrons. The Morgan fingerprint density at radius 1 is 1.35 bits per heavy atom. The average Bonchev–Trinajstić information content (AvgIpc) is 3.03. The SMILES string of the molecule is CCC(C)N1C(=O)/C(=C\c2c(NCCOCCO)nc3ccc(C)cn3c2=O)SC1=S. The molecule has 1 aliphatic rings.